The molecule has 0 bridgehead atoms. The molecule has 2 amide bonds. The normalized spacial score (nSPS) is 22.1. The van der Waals surface area contributed by atoms with Gasteiger partial charge in [-0.25, -0.2) is 31.1 Å². The van der Waals surface area contributed by atoms with E-state index in [-0.39, 0.29) is 30.4 Å². The zero-order valence-electron chi connectivity index (χ0n) is 19.0. The van der Waals surface area contributed by atoms with Crippen molar-refractivity contribution in [1.82, 2.24) is 14.8 Å². The number of carbonyl (C=O) groups is 1. The number of halogens is 3. The molecule has 2 aliphatic rings. The van der Waals surface area contributed by atoms with Crippen LogP contribution in [0.5, 0.6) is 0 Å². The number of benzene rings is 2. The fourth-order valence-corrected chi connectivity index (χ4v) is 5.71. The summed E-state index contributed by atoms with van der Waals surface area (Å²) >= 11 is 0. The highest BCUT2D eigenvalue weighted by atomic mass is 32.2. The average Bonchev–Trinajstić information content (AvgIpc) is 3.34. The number of urea groups is 1. The molecule has 0 radical (unpaired) electrons. The molecule has 0 saturated carbocycles. The zero-order valence-corrected chi connectivity index (χ0v) is 19.8. The minimum atomic E-state index is -3.90. The van der Waals surface area contributed by atoms with Gasteiger partial charge in [0.15, 0.2) is 11.4 Å². The van der Waals surface area contributed by atoms with Crippen molar-refractivity contribution in [2.24, 2.45) is 0 Å². The molecule has 5 rings (SSSR count). The van der Waals surface area contributed by atoms with Crippen LogP contribution >= 0.6 is 0 Å². The second-order valence-electron chi connectivity index (χ2n) is 8.78. The predicted molar refractivity (Wildman–Crippen MR) is 123 cm³/mol. The summed E-state index contributed by atoms with van der Waals surface area (Å²) in [6.45, 7) is 2.59. The van der Waals surface area contributed by atoms with Crippen molar-refractivity contribution in [2.45, 2.75) is 38.3 Å². The van der Waals surface area contributed by atoms with E-state index in [4.69, 9.17) is 4.52 Å². The van der Waals surface area contributed by atoms with E-state index in [0.29, 0.717) is 27.7 Å². The molecule has 2 saturated heterocycles. The third kappa shape index (κ3) is 3.84. The Morgan fingerprint density at radius 2 is 2.00 bits per heavy atom. The number of nitrogens with one attached hydrogen (secondary N) is 1. The lowest BCUT2D eigenvalue weighted by atomic mass is 9.97. The predicted octanol–water partition coefficient (Wildman–Crippen LogP) is 3.90. The van der Waals surface area contributed by atoms with Gasteiger partial charge in [-0.1, -0.05) is 23.4 Å². The van der Waals surface area contributed by atoms with Crippen LogP contribution in [0.25, 0.3) is 22.1 Å². The van der Waals surface area contributed by atoms with Gasteiger partial charge in [-0.2, -0.15) is 0 Å². The number of nitrogens with zero attached hydrogens (tertiary/aromatic N) is 3. The zero-order chi connectivity index (χ0) is 25.1. The molecule has 2 aliphatic heterocycles. The van der Waals surface area contributed by atoms with Crippen molar-refractivity contribution < 1.29 is 30.9 Å². The number of fused-ring (bicyclic) bond motifs is 2. The van der Waals surface area contributed by atoms with Crippen LogP contribution in [-0.4, -0.2) is 61.4 Å². The number of alkyl halides is 2. The number of rotatable bonds is 5. The van der Waals surface area contributed by atoms with Crippen LogP contribution in [0.4, 0.5) is 23.8 Å². The number of aromatic nitrogens is 1. The molecule has 1 N–H and O–H groups in total. The molecular weight excluding hydrogens is 485 g/mol. The Bertz CT molecular complexity index is 1430. The fourth-order valence-electron chi connectivity index (χ4n) is 4.87. The topological polar surface area (TPSA) is 95.8 Å². The van der Waals surface area contributed by atoms with Gasteiger partial charge in [0.25, 0.3) is 5.92 Å². The molecular formula is C23H23F3N4O4S. The van der Waals surface area contributed by atoms with Crippen LogP contribution in [0.15, 0.2) is 40.9 Å². The van der Waals surface area contributed by atoms with Crippen LogP contribution in [0, 0.1) is 12.7 Å². The minimum Gasteiger partial charge on any atom is -0.354 e. The lowest BCUT2D eigenvalue weighted by Crippen LogP contribution is -2.56. The number of hydrogen-bond donors (Lipinski definition) is 1. The highest BCUT2D eigenvalue weighted by molar-refractivity contribution is 7.89. The highest BCUT2D eigenvalue weighted by Crippen LogP contribution is 2.43. The van der Waals surface area contributed by atoms with E-state index in [9.17, 15) is 17.6 Å². The smallest absolute Gasteiger partial charge is 0.326 e. The average molecular weight is 509 g/mol. The van der Waals surface area contributed by atoms with Crippen LogP contribution in [0.1, 0.15) is 18.9 Å². The number of carbonyl (C=O) groups excluding carboxylic acids is 1. The summed E-state index contributed by atoms with van der Waals surface area (Å²) in [5.74, 6) is -3.99. The van der Waals surface area contributed by atoms with Crippen LogP contribution < -0.4 is 9.62 Å². The molecule has 3 heterocycles. The summed E-state index contributed by atoms with van der Waals surface area (Å²) in [4.78, 5) is 15.7. The first-order valence-corrected chi connectivity index (χ1v) is 12.8. The number of sulfonamides is 1. The van der Waals surface area contributed by atoms with Crippen molar-refractivity contribution in [1.29, 1.82) is 0 Å². The molecule has 0 aliphatic carbocycles. The Kier molecular flexibility index (Phi) is 5.55. The standard InChI is InChI=1S/C23H23F3N4O4S/c1-3-35(32,33)28-18-12-30-19(23(18,25)26)9-10-29(22(30)31)21-20-16(5-4-6-17(20)34-27-21)15-8-7-14(24)11-13(15)2/h4-8,11,18-19,28H,3,9-10,12H2,1-2H3/t18-,19-/m1/s1. The quantitative estimate of drug-likeness (QED) is 0.564. The van der Waals surface area contributed by atoms with Gasteiger partial charge >= 0.3 is 6.03 Å². The number of hydrogen-bond acceptors (Lipinski definition) is 5. The van der Waals surface area contributed by atoms with Gasteiger partial charge in [-0.3, -0.25) is 4.90 Å². The summed E-state index contributed by atoms with van der Waals surface area (Å²) < 4.78 is 75.2. The third-order valence-corrected chi connectivity index (χ3v) is 8.09. The molecule has 12 heteroatoms. The highest BCUT2D eigenvalue weighted by Gasteiger charge is 2.60. The molecule has 186 valence electrons. The minimum absolute atomic E-state index is 0.0544. The van der Waals surface area contributed by atoms with Crippen LogP contribution in [0.2, 0.25) is 0 Å². The summed E-state index contributed by atoms with van der Waals surface area (Å²) in [5, 5.41) is 4.58. The maximum Gasteiger partial charge on any atom is 0.326 e. The van der Waals surface area contributed by atoms with E-state index in [1.54, 1.807) is 31.2 Å². The van der Waals surface area contributed by atoms with Crippen LogP contribution in [0.3, 0.4) is 0 Å². The Morgan fingerprint density at radius 1 is 1.23 bits per heavy atom. The number of aryl methyl sites for hydroxylation is 1. The molecule has 0 spiro atoms. The van der Waals surface area contributed by atoms with Gasteiger partial charge in [-0.15, -0.1) is 0 Å². The summed E-state index contributed by atoms with van der Waals surface area (Å²) in [6.07, 6.45) is -0.0881. The Hall–Kier alpha value is -3.12. The van der Waals surface area contributed by atoms with Gasteiger partial charge < -0.3 is 9.42 Å². The summed E-state index contributed by atoms with van der Waals surface area (Å²) in [6, 6.07) is 5.69. The molecule has 3 aromatic rings. The van der Waals surface area contributed by atoms with Crippen molar-refractivity contribution in [3.8, 4) is 11.1 Å². The molecule has 0 unspecified atom stereocenters. The third-order valence-electron chi connectivity index (χ3n) is 6.68. The maximum absolute atomic E-state index is 15.1. The molecule has 35 heavy (non-hydrogen) atoms. The van der Waals surface area contributed by atoms with Crippen molar-refractivity contribution in [3.63, 3.8) is 0 Å². The summed E-state index contributed by atoms with van der Waals surface area (Å²) in [5.41, 5.74) is 2.42. The van der Waals surface area contributed by atoms with Crippen molar-refractivity contribution in [3.05, 3.63) is 47.8 Å². The Labute approximate surface area is 199 Å². The van der Waals surface area contributed by atoms with Gasteiger partial charge in [0, 0.05) is 13.1 Å². The SMILES string of the molecule is CCS(=O)(=O)N[C@@H]1CN2C(=O)N(c3noc4cccc(-c5ccc(F)cc5C)c34)CC[C@@H]2C1(F)F. The van der Waals surface area contributed by atoms with E-state index < -0.39 is 40.6 Å². The van der Waals surface area contributed by atoms with Gasteiger partial charge in [-0.05, 0) is 55.2 Å². The summed E-state index contributed by atoms with van der Waals surface area (Å²) in [7, 11) is -3.90. The second-order valence-corrected chi connectivity index (χ2v) is 10.8. The van der Waals surface area contributed by atoms with E-state index in [0.717, 1.165) is 4.90 Å². The van der Waals surface area contributed by atoms with E-state index in [1.165, 1.54) is 24.0 Å². The monoisotopic (exact) mass is 508 g/mol. The second kappa shape index (κ2) is 8.23. The Balaban J connectivity index is 1.53. The lowest BCUT2D eigenvalue weighted by Gasteiger charge is -2.37. The van der Waals surface area contributed by atoms with Crippen molar-refractivity contribution in [2.75, 3.05) is 23.7 Å². The van der Waals surface area contributed by atoms with Crippen LogP contribution in [-0.2, 0) is 10.0 Å². The maximum atomic E-state index is 15.1. The van der Waals surface area contributed by atoms with Gasteiger partial charge in [0.05, 0.1) is 11.1 Å². The first kappa shape index (κ1) is 23.6. The first-order chi connectivity index (χ1) is 16.5. The van der Waals surface area contributed by atoms with Crippen molar-refractivity contribution >= 4 is 32.8 Å². The molecule has 1 aromatic heterocycles. The van der Waals surface area contributed by atoms with Gasteiger partial charge in [0.1, 0.15) is 17.9 Å². The van der Waals surface area contributed by atoms with E-state index >= 15 is 8.78 Å². The molecule has 2 atom stereocenters. The molecule has 8 nitrogen and oxygen atoms in total. The number of anilines is 1. The molecule has 2 fully saturated rings. The first-order valence-electron chi connectivity index (χ1n) is 11.1. The van der Waals surface area contributed by atoms with E-state index in [2.05, 4.69) is 5.16 Å². The largest absolute Gasteiger partial charge is 0.354 e. The molecule has 2 aromatic carbocycles. The Morgan fingerprint density at radius 3 is 2.71 bits per heavy atom. The number of amides is 2. The fraction of sp³-hybridized carbons (Fsp3) is 0.391. The van der Waals surface area contributed by atoms with E-state index in [1.807, 2.05) is 4.72 Å². The lowest BCUT2D eigenvalue weighted by molar-refractivity contribution is -0.0448. The van der Waals surface area contributed by atoms with Gasteiger partial charge in [0.2, 0.25) is 10.0 Å².